The van der Waals surface area contributed by atoms with Crippen molar-refractivity contribution >= 4 is 5.84 Å². The Morgan fingerprint density at radius 2 is 2.23 bits per heavy atom. The lowest BCUT2D eigenvalue weighted by Gasteiger charge is -2.20. The number of unbranched alkanes of at least 4 members (excludes halogenated alkanes) is 1. The lowest BCUT2D eigenvalue weighted by molar-refractivity contribution is 0.0113. The standard InChI is InChI=1S/C24H36FN5O/c1-4-5-6-7-8-23-27-13-14-30(23)17-19-10-9-18(15-22(19)25)24(26)28-31-21-12-11-20(16-21)29(2)3/h6-10,15,20-21,27H,4-5,11-14,16-17H2,1-3H3,(H2,26,28)/b7-6-,23-8+. The summed E-state index contributed by atoms with van der Waals surface area (Å²) in [4.78, 5) is 10.0. The quantitative estimate of drug-likeness (QED) is 0.317. The Morgan fingerprint density at radius 1 is 1.39 bits per heavy atom. The Balaban J connectivity index is 1.54. The highest BCUT2D eigenvalue weighted by Crippen LogP contribution is 2.24. The zero-order chi connectivity index (χ0) is 22.2. The molecular weight excluding hydrogens is 393 g/mol. The minimum atomic E-state index is -0.301. The van der Waals surface area contributed by atoms with Crippen molar-refractivity contribution in [2.45, 2.75) is 57.7 Å². The molecule has 6 nitrogen and oxygen atoms in total. The van der Waals surface area contributed by atoms with E-state index in [1.807, 2.05) is 0 Å². The highest BCUT2D eigenvalue weighted by Gasteiger charge is 2.27. The van der Waals surface area contributed by atoms with Crippen LogP contribution in [0.25, 0.3) is 0 Å². The van der Waals surface area contributed by atoms with E-state index < -0.39 is 0 Å². The Kier molecular flexibility index (Phi) is 8.49. The predicted octanol–water partition coefficient (Wildman–Crippen LogP) is 3.76. The van der Waals surface area contributed by atoms with Crippen LogP contribution >= 0.6 is 0 Å². The largest absolute Gasteiger partial charge is 0.370 e. The molecule has 0 amide bonds. The van der Waals surface area contributed by atoms with E-state index in [0.717, 1.165) is 51.0 Å². The van der Waals surface area contributed by atoms with Crippen molar-refractivity contribution in [1.82, 2.24) is 20.6 Å². The summed E-state index contributed by atoms with van der Waals surface area (Å²) in [5, 5.41) is 11.6. The first kappa shape index (κ1) is 23.3. The summed E-state index contributed by atoms with van der Waals surface area (Å²) in [6.07, 6.45) is 11.5. The first-order valence-electron chi connectivity index (χ1n) is 11.3. The van der Waals surface area contributed by atoms with Crippen molar-refractivity contribution in [3.8, 4) is 0 Å². The van der Waals surface area contributed by atoms with Crippen molar-refractivity contribution in [3.05, 3.63) is 59.2 Å². The van der Waals surface area contributed by atoms with E-state index >= 15 is 0 Å². The van der Waals surface area contributed by atoms with E-state index in [1.54, 1.807) is 12.1 Å². The van der Waals surface area contributed by atoms with Crippen molar-refractivity contribution in [1.29, 1.82) is 5.41 Å². The molecule has 0 aromatic heterocycles. The van der Waals surface area contributed by atoms with Gasteiger partial charge < -0.3 is 15.1 Å². The van der Waals surface area contributed by atoms with Crippen LogP contribution < -0.4 is 10.8 Å². The minimum Gasteiger partial charge on any atom is -0.370 e. The second-order valence-corrected chi connectivity index (χ2v) is 8.57. The third kappa shape index (κ3) is 6.55. The van der Waals surface area contributed by atoms with Crippen LogP contribution in [-0.2, 0) is 11.4 Å². The molecule has 1 saturated heterocycles. The van der Waals surface area contributed by atoms with E-state index in [0.29, 0.717) is 23.7 Å². The molecule has 3 rings (SSSR count). The minimum absolute atomic E-state index is 0.0797. The van der Waals surface area contributed by atoms with Gasteiger partial charge in [-0.2, -0.15) is 0 Å². The van der Waals surface area contributed by atoms with Gasteiger partial charge in [0.2, 0.25) is 0 Å². The summed E-state index contributed by atoms with van der Waals surface area (Å²) < 4.78 is 14.8. The molecule has 1 heterocycles. The number of hydrogen-bond acceptors (Lipinski definition) is 5. The van der Waals surface area contributed by atoms with Crippen LogP contribution in [0.15, 0.2) is 42.2 Å². The molecule has 2 fully saturated rings. The number of amidine groups is 1. The van der Waals surface area contributed by atoms with Crippen LogP contribution in [-0.4, -0.2) is 55.0 Å². The zero-order valence-electron chi connectivity index (χ0n) is 19.0. The maximum Gasteiger partial charge on any atom is 0.149 e. The summed E-state index contributed by atoms with van der Waals surface area (Å²) in [5.74, 6) is 0.805. The van der Waals surface area contributed by atoms with E-state index in [4.69, 9.17) is 10.2 Å². The highest BCUT2D eigenvalue weighted by molar-refractivity contribution is 5.95. The summed E-state index contributed by atoms with van der Waals surface area (Å²) in [5.41, 5.74) is 3.83. The topological polar surface area (TPSA) is 63.6 Å². The van der Waals surface area contributed by atoms with Crippen molar-refractivity contribution < 1.29 is 9.23 Å². The van der Waals surface area contributed by atoms with Gasteiger partial charge in [0, 0.05) is 36.8 Å². The molecule has 1 aliphatic heterocycles. The molecule has 7 heteroatoms. The molecular formula is C24H36FN5O. The normalized spacial score (nSPS) is 22.6. The third-order valence-corrected chi connectivity index (χ3v) is 5.99. The summed E-state index contributed by atoms with van der Waals surface area (Å²) in [6.45, 7) is 4.35. The predicted molar refractivity (Wildman–Crippen MR) is 123 cm³/mol. The van der Waals surface area contributed by atoms with E-state index in [9.17, 15) is 4.39 Å². The molecule has 2 aliphatic rings. The van der Waals surface area contributed by atoms with Crippen LogP contribution in [0, 0.1) is 11.2 Å². The van der Waals surface area contributed by atoms with Gasteiger partial charge in [-0.1, -0.05) is 37.6 Å². The molecule has 31 heavy (non-hydrogen) atoms. The average molecular weight is 430 g/mol. The number of nitrogens with one attached hydrogen (secondary N) is 3. The van der Waals surface area contributed by atoms with Gasteiger partial charge in [-0.3, -0.25) is 10.2 Å². The van der Waals surface area contributed by atoms with Crippen molar-refractivity contribution in [3.63, 3.8) is 0 Å². The first-order valence-corrected chi connectivity index (χ1v) is 11.3. The molecule has 1 aromatic rings. The average Bonchev–Trinajstić information content (AvgIpc) is 3.40. The van der Waals surface area contributed by atoms with E-state index in [2.05, 4.69) is 59.8 Å². The fraction of sp³-hybridized carbons (Fsp3) is 0.542. The lowest BCUT2D eigenvalue weighted by Crippen LogP contribution is -2.30. The number of hydrogen-bond donors (Lipinski definition) is 3. The second kappa shape index (κ2) is 11.3. The Morgan fingerprint density at radius 3 is 2.94 bits per heavy atom. The maximum atomic E-state index is 14.8. The molecule has 1 aliphatic carbocycles. The molecule has 2 unspecified atom stereocenters. The van der Waals surface area contributed by atoms with Crippen LogP contribution in [0.3, 0.4) is 0 Å². The summed E-state index contributed by atoms with van der Waals surface area (Å²) in [7, 11) is 4.15. The fourth-order valence-corrected chi connectivity index (χ4v) is 4.03. The zero-order valence-corrected chi connectivity index (χ0v) is 19.0. The number of halogens is 1. The van der Waals surface area contributed by atoms with E-state index in [1.165, 1.54) is 6.07 Å². The second-order valence-electron chi connectivity index (χ2n) is 8.57. The number of allylic oxidation sites excluding steroid dienone is 3. The monoisotopic (exact) mass is 429 g/mol. The van der Waals surface area contributed by atoms with Crippen LogP contribution in [0.4, 0.5) is 4.39 Å². The Bertz CT molecular complexity index is 807. The lowest BCUT2D eigenvalue weighted by atomic mass is 10.1. The van der Waals surface area contributed by atoms with Gasteiger partial charge in [-0.05, 0) is 51.9 Å². The molecule has 0 spiro atoms. The summed E-state index contributed by atoms with van der Waals surface area (Å²) in [6, 6.07) is 5.47. The van der Waals surface area contributed by atoms with Gasteiger partial charge in [-0.25, -0.2) is 9.87 Å². The number of hydroxylamine groups is 1. The van der Waals surface area contributed by atoms with Crippen LogP contribution in [0.5, 0.6) is 0 Å². The third-order valence-electron chi connectivity index (χ3n) is 5.99. The smallest absolute Gasteiger partial charge is 0.149 e. The van der Waals surface area contributed by atoms with Gasteiger partial charge in [0.05, 0.1) is 6.10 Å². The SMILES string of the molecule is CCC/C=C\C=C1/NCCN1Cc1ccc(C(=N)NOC2CCC(N(C)C)C2)cc1F. The van der Waals surface area contributed by atoms with Gasteiger partial charge in [0.15, 0.2) is 0 Å². The van der Waals surface area contributed by atoms with Crippen molar-refractivity contribution in [2.24, 2.45) is 0 Å². The van der Waals surface area contributed by atoms with Gasteiger partial charge in [0.1, 0.15) is 17.5 Å². The fourth-order valence-electron chi connectivity index (χ4n) is 4.03. The van der Waals surface area contributed by atoms with Gasteiger partial charge in [0.25, 0.3) is 0 Å². The molecule has 170 valence electrons. The molecule has 0 radical (unpaired) electrons. The van der Waals surface area contributed by atoms with Gasteiger partial charge >= 0.3 is 0 Å². The Hall–Kier alpha value is -2.38. The Labute approximate surface area is 185 Å². The summed E-state index contributed by atoms with van der Waals surface area (Å²) >= 11 is 0. The number of rotatable bonds is 9. The molecule has 0 bridgehead atoms. The van der Waals surface area contributed by atoms with Crippen molar-refractivity contribution in [2.75, 3.05) is 27.2 Å². The molecule has 1 saturated carbocycles. The number of nitrogens with zero attached hydrogens (tertiary/aromatic N) is 2. The van der Waals surface area contributed by atoms with Crippen LogP contribution in [0.1, 0.15) is 50.2 Å². The molecule has 2 atom stereocenters. The highest BCUT2D eigenvalue weighted by atomic mass is 19.1. The van der Waals surface area contributed by atoms with E-state index in [-0.39, 0.29) is 17.8 Å². The maximum absolute atomic E-state index is 14.8. The molecule has 1 aromatic carbocycles. The molecule has 3 N–H and O–H groups in total. The van der Waals surface area contributed by atoms with Crippen LogP contribution in [0.2, 0.25) is 0 Å². The number of benzene rings is 1. The van der Waals surface area contributed by atoms with Gasteiger partial charge in [-0.15, -0.1) is 0 Å². The first-order chi connectivity index (χ1) is 15.0.